The Morgan fingerprint density at radius 2 is 1.66 bits per heavy atom. The number of anilines is 1. The Morgan fingerprint density at radius 1 is 1.03 bits per heavy atom. The number of aromatic nitrogens is 1. The van der Waals surface area contributed by atoms with E-state index in [2.05, 4.69) is 10.3 Å². The Kier molecular flexibility index (Phi) is 5.18. The predicted molar refractivity (Wildman–Crippen MR) is 108 cm³/mol. The molecule has 0 fully saturated rings. The fourth-order valence-electron chi connectivity index (χ4n) is 3.14. The number of fused-ring (bicyclic) bond motifs is 2. The minimum atomic E-state index is -1.01. The van der Waals surface area contributed by atoms with E-state index < -0.39 is 23.9 Å². The van der Waals surface area contributed by atoms with E-state index in [-0.39, 0.29) is 0 Å². The van der Waals surface area contributed by atoms with E-state index in [1.54, 1.807) is 24.3 Å². The number of para-hydroxylation sites is 2. The summed E-state index contributed by atoms with van der Waals surface area (Å²) in [6.07, 6.45) is 0.408. The summed E-state index contributed by atoms with van der Waals surface area (Å²) in [6.45, 7) is 1.51. The number of pyridine rings is 1. The molecule has 1 aromatic heterocycles. The van der Waals surface area contributed by atoms with Crippen molar-refractivity contribution in [1.82, 2.24) is 4.98 Å². The highest BCUT2D eigenvalue weighted by atomic mass is 35.5. The van der Waals surface area contributed by atoms with Crippen molar-refractivity contribution < 1.29 is 19.1 Å². The van der Waals surface area contributed by atoms with Gasteiger partial charge in [-0.1, -0.05) is 48.0 Å². The minimum absolute atomic E-state index is 0.323. The van der Waals surface area contributed by atoms with E-state index in [1.165, 1.54) is 13.1 Å². The average Bonchev–Trinajstić information content (AvgIpc) is 2.73. The molecule has 29 heavy (non-hydrogen) atoms. The summed E-state index contributed by atoms with van der Waals surface area (Å²) in [5.41, 5.74) is 1.39. The first kappa shape index (κ1) is 19.0. The van der Waals surface area contributed by atoms with Gasteiger partial charge in [0.2, 0.25) is 0 Å². The van der Waals surface area contributed by atoms with Gasteiger partial charge >= 0.3 is 5.97 Å². The van der Waals surface area contributed by atoms with E-state index in [0.29, 0.717) is 33.5 Å². The van der Waals surface area contributed by atoms with Gasteiger partial charge in [-0.2, -0.15) is 0 Å². The number of hydrogen-bond acceptors (Lipinski definition) is 5. The molecule has 1 aliphatic rings. The van der Waals surface area contributed by atoms with Crippen LogP contribution in [0.1, 0.15) is 24.0 Å². The molecule has 146 valence electrons. The fourth-order valence-corrected chi connectivity index (χ4v) is 3.25. The van der Waals surface area contributed by atoms with Gasteiger partial charge in [0, 0.05) is 17.3 Å². The normalized spacial score (nSPS) is 13.4. The summed E-state index contributed by atoms with van der Waals surface area (Å²) in [6, 6.07) is 17.8. The van der Waals surface area contributed by atoms with Crippen LogP contribution in [0, 0.1) is 0 Å². The molecule has 1 atom stereocenters. The molecule has 4 rings (SSSR count). The van der Waals surface area contributed by atoms with Crippen LogP contribution >= 0.6 is 11.6 Å². The van der Waals surface area contributed by atoms with Crippen LogP contribution in [0.15, 0.2) is 66.9 Å². The number of carbonyl (C=O) groups is 2. The van der Waals surface area contributed by atoms with Crippen molar-refractivity contribution in [3.05, 3.63) is 83.0 Å². The molecule has 2 heterocycles. The maximum absolute atomic E-state index is 13.0. The van der Waals surface area contributed by atoms with Crippen LogP contribution in [0.5, 0.6) is 11.5 Å². The summed E-state index contributed by atoms with van der Waals surface area (Å²) in [5, 5.41) is 3.06. The Balaban J connectivity index is 1.53. The molecule has 0 aliphatic carbocycles. The molecule has 0 bridgehead atoms. The molecule has 1 aliphatic heterocycles. The van der Waals surface area contributed by atoms with Crippen molar-refractivity contribution in [3.8, 4) is 11.5 Å². The monoisotopic (exact) mass is 408 g/mol. The van der Waals surface area contributed by atoms with Gasteiger partial charge in [0.05, 0.1) is 5.02 Å². The van der Waals surface area contributed by atoms with Gasteiger partial charge in [-0.25, -0.2) is 4.98 Å². The minimum Gasteiger partial charge on any atom is -0.457 e. The van der Waals surface area contributed by atoms with Gasteiger partial charge < -0.3 is 14.8 Å². The van der Waals surface area contributed by atoms with Gasteiger partial charge in [-0.05, 0) is 31.2 Å². The third-order valence-electron chi connectivity index (χ3n) is 4.56. The Hall–Kier alpha value is -3.38. The largest absolute Gasteiger partial charge is 0.457 e. The Morgan fingerprint density at radius 3 is 2.24 bits per heavy atom. The highest BCUT2D eigenvalue weighted by Gasteiger charge is 2.35. The van der Waals surface area contributed by atoms with Gasteiger partial charge in [0.15, 0.2) is 6.10 Å². The molecular weight excluding hydrogens is 392 g/mol. The third-order valence-corrected chi connectivity index (χ3v) is 4.78. The molecule has 1 amide bonds. The summed E-state index contributed by atoms with van der Waals surface area (Å²) in [5.74, 6) is -0.183. The molecule has 0 unspecified atom stereocenters. The second kappa shape index (κ2) is 7.93. The van der Waals surface area contributed by atoms with Crippen molar-refractivity contribution in [1.29, 1.82) is 0 Å². The predicted octanol–water partition coefficient (Wildman–Crippen LogP) is 4.54. The Bertz CT molecular complexity index is 1020. The number of amides is 1. The second-order valence-corrected chi connectivity index (χ2v) is 6.98. The van der Waals surface area contributed by atoms with Crippen LogP contribution in [0.3, 0.4) is 0 Å². The highest BCUT2D eigenvalue weighted by Crippen LogP contribution is 2.44. The number of hydrogen-bond donors (Lipinski definition) is 1. The molecule has 7 heteroatoms. The van der Waals surface area contributed by atoms with E-state index in [0.717, 1.165) is 0 Å². The number of nitrogens with one attached hydrogen (secondary N) is 1. The molecule has 0 radical (unpaired) electrons. The SMILES string of the molecule is C[C@H](OC(=O)C1c2ccccc2Oc2ccccc21)C(=O)Nc1ccc(Cl)cn1. The van der Waals surface area contributed by atoms with E-state index in [4.69, 9.17) is 21.1 Å². The van der Waals surface area contributed by atoms with Crippen molar-refractivity contribution in [2.45, 2.75) is 18.9 Å². The lowest BCUT2D eigenvalue weighted by atomic mass is 9.88. The van der Waals surface area contributed by atoms with Gasteiger partial charge in [0.25, 0.3) is 5.91 Å². The zero-order valence-corrected chi connectivity index (χ0v) is 16.2. The van der Waals surface area contributed by atoms with Gasteiger partial charge in [-0.15, -0.1) is 0 Å². The molecule has 1 N–H and O–H groups in total. The number of carbonyl (C=O) groups excluding carboxylic acids is 2. The van der Waals surface area contributed by atoms with Crippen LogP contribution in [0.4, 0.5) is 5.82 Å². The average molecular weight is 409 g/mol. The van der Waals surface area contributed by atoms with Crippen molar-refractivity contribution in [2.24, 2.45) is 0 Å². The molecular formula is C22H17ClN2O4. The summed E-state index contributed by atoms with van der Waals surface area (Å²) in [7, 11) is 0. The van der Waals surface area contributed by atoms with E-state index >= 15 is 0 Å². The number of esters is 1. The number of nitrogens with zero attached hydrogens (tertiary/aromatic N) is 1. The zero-order chi connectivity index (χ0) is 20.4. The van der Waals surface area contributed by atoms with Crippen LogP contribution in [-0.2, 0) is 14.3 Å². The lowest BCUT2D eigenvalue weighted by Gasteiger charge is -2.27. The van der Waals surface area contributed by atoms with Gasteiger partial charge in [0.1, 0.15) is 23.2 Å². The highest BCUT2D eigenvalue weighted by molar-refractivity contribution is 6.30. The molecule has 0 saturated heterocycles. The maximum atomic E-state index is 13.0. The van der Waals surface area contributed by atoms with Gasteiger partial charge in [-0.3, -0.25) is 9.59 Å². The molecule has 3 aromatic rings. The number of benzene rings is 2. The summed E-state index contributed by atoms with van der Waals surface area (Å²) < 4.78 is 11.4. The summed E-state index contributed by atoms with van der Waals surface area (Å²) in [4.78, 5) is 29.5. The summed E-state index contributed by atoms with van der Waals surface area (Å²) >= 11 is 5.79. The molecule has 2 aromatic carbocycles. The second-order valence-electron chi connectivity index (χ2n) is 6.54. The Labute approximate surface area is 172 Å². The zero-order valence-electron chi connectivity index (χ0n) is 15.5. The molecule has 6 nitrogen and oxygen atoms in total. The lowest BCUT2D eigenvalue weighted by molar-refractivity contribution is -0.153. The maximum Gasteiger partial charge on any atom is 0.318 e. The van der Waals surface area contributed by atoms with E-state index in [1.807, 2.05) is 36.4 Å². The first-order chi connectivity index (χ1) is 14.0. The standard InChI is InChI=1S/C22H17ClN2O4/c1-13(21(26)25-19-11-10-14(23)12-24-19)28-22(27)20-15-6-2-4-8-17(15)29-18-9-5-3-7-16(18)20/h2-13,20H,1H3,(H,24,25,26)/t13-/m0/s1. The van der Waals surface area contributed by atoms with Crippen LogP contribution < -0.4 is 10.1 Å². The molecule has 0 saturated carbocycles. The number of halogens is 1. The fraction of sp³-hybridized carbons (Fsp3) is 0.136. The first-order valence-electron chi connectivity index (χ1n) is 9.01. The first-order valence-corrected chi connectivity index (χ1v) is 9.39. The lowest BCUT2D eigenvalue weighted by Crippen LogP contribution is -2.33. The quantitative estimate of drug-likeness (QED) is 0.641. The smallest absolute Gasteiger partial charge is 0.318 e. The number of rotatable bonds is 4. The third kappa shape index (κ3) is 3.93. The van der Waals surface area contributed by atoms with E-state index in [9.17, 15) is 9.59 Å². The van der Waals surface area contributed by atoms with Crippen LogP contribution in [0.2, 0.25) is 5.02 Å². The van der Waals surface area contributed by atoms with Crippen LogP contribution in [-0.4, -0.2) is 23.0 Å². The van der Waals surface area contributed by atoms with Crippen LogP contribution in [0.25, 0.3) is 0 Å². The van der Waals surface area contributed by atoms with Crippen molar-refractivity contribution in [3.63, 3.8) is 0 Å². The van der Waals surface area contributed by atoms with Crippen molar-refractivity contribution in [2.75, 3.05) is 5.32 Å². The number of ether oxygens (including phenoxy) is 2. The molecule has 0 spiro atoms. The topological polar surface area (TPSA) is 77.5 Å². The van der Waals surface area contributed by atoms with Crippen molar-refractivity contribution >= 4 is 29.3 Å².